The van der Waals surface area contributed by atoms with Crippen LogP contribution in [0.5, 0.6) is 0 Å². The van der Waals surface area contributed by atoms with Crippen LogP contribution in [-0.2, 0) is 17.6 Å². The van der Waals surface area contributed by atoms with Crippen molar-refractivity contribution < 1.29 is 4.74 Å². The first-order valence-corrected chi connectivity index (χ1v) is 7.58. The topological polar surface area (TPSA) is 35.2 Å². The van der Waals surface area contributed by atoms with Gasteiger partial charge in [0.1, 0.15) is 0 Å². The quantitative estimate of drug-likeness (QED) is 0.933. The Balaban J connectivity index is 1.90. The molecule has 0 aliphatic carbocycles. The molecule has 0 amide bonds. The van der Waals surface area contributed by atoms with Crippen LogP contribution in [0.25, 0.3) is 0 Å². The van der Waals surface area contributed by atoms with Gasteiger partial charge < -0.3 is 10.5 Å². The molecule has 0 saturated carbocycles. The zero-order valence-corrected chi connectivity index (χ0v) is 12.8. The highest BCUT2D eigenvalue weighted by Gasteiger charge is 2.60. The molecule has 1 fully saturated rings. The molecule has 2 aromatic carbocycles. The highest BCUT2D eigenvalue weighted by Crippen LogP contribution is 2.45. The number of nitrogens with two attached hydrogens (primary N) is 1. The van der Waals surface area contributed by atoms with Crippen molar-refractivity contribution in [2.45, 2.75) is 43.9 Å². The number of hydrogen-bond donors (Lipinski definition) is 1. The van der Waals surface area contributed by atoms with Gasteiger partial charge in [0.15, 0.2) is 0 Å². The minimum Gasteiger partial charge on any atom is -0.367 e. The molecule has 21 heavy (non-hydrogen) atoms. The van der Waals surface area contributed by atoms with Gasteiger partial charge in [-0.2, -0.15) is 0 Å². The van der Waals surface area contributed by atoms with Crippen LogP contribution < -0.4 is 5.73 Å². The van der Waals surface area contributed by atoms with E-state index in [4.69, 9.17) is 10.5 Å². The summed E-state index contributed by atoms with van der Waals surface area (Å²) in [7, 11) is 0. The van der Waals surface area contributed by atoms with E-state index in [0.29, 0.717) is 0 Å². The first kappa shape index (κ1) is 14.3. The van der Waals surface area contributed by atoms with Crippen molar-refractivity contribution in [2.24, 2.45) is 5.73 Å². The Bertz CT molecular complexity index is 550. The molecule has 0 bridgehead atoms. The molecule has 0 aromatic heterocycles. The van der Waals surface area contributed by atoms with Gasteiger partial charge in [-0.05, 0) is 25.0 Å². The maximum absolute atomic E-state index is 6.61. The van der Waals surface area contributed by atoms with Gasteiger partial charge in [0.05, 0.1) is 17.2 Å². The van der Waals surface area contributed by atoms with Gasteiger partial charge in [-0.25, -0.2) is 0 Å². The Hall–Kier alpha value is -1.64. The number of benzene rings is 2. The van der Waals surface area contributed by atoms with E-state index >= 15 is 0 Å². The van der Waals surface area contributed by atoms with E-state index in [1.807, 2.05) is 12.1 Å². The lowest BCUT2D eigenvalue weighted by Crippen LogP contribution is -2.78. The van der Waals surface area contributed by atoms with Crippen LogP contribution in [-0.4, -0.2) is 17.2 Å². The Morgan fingerprint density at radius 2 is 1.33 bits per heavy atom. The molecule has 110 valence electrons. The van der Waals surface area contributed by atoms with Crippen LogP contribution in [0.2, 0.25) is 0 Å². The monoisotopic (exact) mass is 281 g/mol. The van der Waals surface area contributed by atoms with E-state index in [1.54, 1.807) is 0 Å². The van der Waals surface area contributed by atoms with Crippen LogP contribution >= 0.6 is 0 Å². The smallest absolute Gasteiger partial charge is 0.0968 e. The Labute approximate surface area is 126 Å². The van der Waals surface area contributed by atoms with Crippen molar-refractivity contribution in [3.63, 3.8) is 0 Å². The average molecular weight is 281 g/mol. The number of ether oxygens (including phenoxy) is 1. The molecule has 2 atom stereocenters. The highest BCUT2D eigenvalue weighted by atomic mass is 16.5. The summed E-state index contributed by atoms with van der Waals surface area (Å²) < 4.78 is 6.22. The second kappa shape index (κ2) is 5.28. The van der Waals surface area contributed by atoms with Crippen LogP contribution in [0.15, 0.2) is 60.7 Å². The van der Waals surface area contributed by atoms with E-state index in [1.165, 1.54) is 11.1 Å². The fourth-order valence-corrected chi connectivity index (χ4v) is 3.28. The molecule has 1 heterocycles. The van der Waals surface area contributed by atoms with Gasteiger partial charge in [-0.3, -0.25) is 0 Å². The van der Waals surface area contributed by atoms with Gasteiger partial charge in [0.25, 0.3) is 0 Å². The third-order valence-corrected chi connectivity index (χ3v) is 4.89. The zero-order valence-electron chi connectivity index (χ0n) is 12.8. The van der Waals surface area contributed by atoms with Gasteiger partial charge in [-0.1, -0.05) is 60.7 Å². The lowest BCUT2D eigenvalue weighted by Gasteiger charge is -2.60. The van der Waals surface area contributed by atoms with Crippen molar-refractivity contribution in [3.8, 4) is 0 Å². The van der Waals surface area contributed by atoms with Crippen LogP contribution in [0, 0.1) is 0 Å². The first-order valence-electron chi connectivity index (χ1n) is 7.58. The molecule has 1 saturated heterocycles. The zero-order chi connectivity index (χ0) is 14.9. The number of rotatable bonds is 4. The standard InChI is InChI=1S/C19H23NO/c1-15-18(2,20)19(21-15,13-16-9-5-3-6-10-16)14-17-11-7-4-8-12-17/h3-12,15H,13-14,20H2,1-2H3. The van der Waals surface area contributed by atoms with Crippen LogP contribution in [0.4, 0.5) is 0 Å². The number of hydrogen-bond acceptors (Lipinski definition) is 2. The Morgan fingerprint density at radius 1 is 0.905 bits per heavy atom. The molecule has 2 nitrogen and oxygen atoms in total. The summed E-state index contributed by atoms with van der Waals surface area (Å²) >= 11 is 0. The summed E-state index contributed by atoms with van der Waals surface area (Å²) in [6.45, 7) is 4.18. The van der Waals surface area contributed by atoms with Gasteiger partial charge in [0.2, 0.25) is 0 Å². The summed E-state index contributed by atoms with van der Waals surface area (Å²) in [4.78, 5) is 0. The fourth-order valence-electron chi connectivity index (χ4n) is 3.28. The third-order valence-electron chi connectivity index (χ3n) is 4.89. The minimum atomic E-state index is -0.324. The lowest BCUT2D eigenvalue weighted by atomic mass is 9.66. The molecule has 2 N–H and O–H groups in total. The molecular formula is C19H23NO. The average Bonchev–Trinajstić information content (AvgIpc) is 2.49. The summed E-state index contributed by atoms with van der Waals surface area (Å²) in [6, 6.07) is 21.0. The molecule has 2 heteroatoms. The van der Waals surface area contributed by atoms with E-state index in [0.717, 1.165) is 12.8 Å². The van der Waals surface area contributed by atoms with Crippen molar-refractivity contribution >= 4 is 0 Å². The van der Waals surface area contributed by atoms with Crippen molar-refractivity contribution in [1.82, 2.24) is 0 Å². The summed E-state index contributed by atoms with van der Waals surface area (Å²) in [5.41, 5.74) is 8.52. The van der Waals surface area contributed by atoms with Gasteiger partial charge in [0, 0.05) is 12.8 Å². The molecule has 0 radical (unpaired) electrons. The Morgan fingerprint density at radius 3 is 1.67 bits per heavy atom. The highest BCUT2D eigenvalue weighted by molar-refractivity contribution is 5.28. The third kappa shape index (κ3) is 2.50. The second-order valence-electron chi connectivity index (χ2n) is 6.36. The molecule has 2 unspecified atom stereocenters. The van der Waals surface area contributed by atoms with E-state index in [9.17, 15) is 0 Å². The summed E-state index contributed by atoms with van der Waals surface area (Å²) in [5, 5.41) is 0. The predicted molar refractivity (Wildman–Crippen MR) is 86.2 cm³/mol. The van der Waals surface area contributed by atoms with E-state index in [2.05, 4.69) is 62.4 Å². The molecular weight excluding hydrogens is 258 g/mol. The first-order chi connectivity index (χ1) is 10.0. The molecule has 1 aliphatic rings. The summed E-state index contributed by atoms with van der Waals surface area (Å²) in [6.07, 6.45) is 1.78. The van der Waals surface area contributed by atoms with Crippen molar-refractivity contribution in [3.05, 3.63) is 71.8 Å². The fraction of sp³-hybridized carbons (Fsp3) is 0.368. The van der Waals surface area contributed by atoms with Gasteiger partial charge in [-0.15, -0.1) is 0 Å². The van der Waals surface area contributed by atoms with Crippen molar-refractivity contribution in [2.75, 3.05) is 0 Å². The normalized spacial score (nSPS) is 27.1. The summed E-state index contributed by atoms with van der Waals surface area (Å²) in [5.74, 6) is 0. The molecule has 2 aromatic rings. The van der Waals surface area contributed by atoms with E-state index < -0.39 is 0 Å². The molecule has 0 spiro atoms. The Kier molecular flexibility index (Phi) is 3.60. The van der Waals surface area contributed by atoms with Crippen molar-refractivity contribution in [1.29, 1.82) is 0 Å². The largest absolute Gasteiger partial charge is 0.367 e. The van der Waals surface area contributed by atoms with Gasteiger partial charge >= 0.3 is 0 Å². The van der Waals surface area contributed by atoms with E-state index in [-0.39, 0.29) is 17.2 Å². The minimum absolute atomic E-state index is 0.0879. The van der Waals surface area contributed by atoms with Crippen LogP contribution in [0.3, 0.4) is 0 Å². The maximum Gasteiger partial charge on any atom is 0.0968 e. The molecule has 1 aliphatic heterocycles. The molecule has 3 rings (SSSR count). The van der Waals surface area contributed by atoms with Crippen LogP contribution in [0.1, 0.15) is 25.0 Å². The second-order valence-corrected chi connectivity index (χ2v) is 6.36. The maximum atomic E-state index is 6.61. The lowest BCUT2D eigenvalue weighted by molar-refractivity contribution is -0.259. The SMILES string of the molecule is CC1OC(Cc2ccccc2)(Cc2ccccc2)C1(C)N. The predicted octanol–water partition coefficient (Wildman–Crippen LogP) is 3.35.